The lowest BCUT2D eigenvalue weighted by atomic mass is 10.2. The van der Waals surface area contributed by atoms with E-state index in [1.54, 1.807) is 29.0 Å². The van der Waals surface area contributed by atoms with E-state index < -0.39 is 21.7 Å². The second kappa shape index (κ2) is 9.38. The van der Waals surface area contributed by atoms with Crippen LogP contribution in [-0.4, -0.2) is 68.2 Å². The molecule has 3 rings (SSSR count). The minimum absolute atomic E-state index is 0.0358. The Hall–Kier alpha value is -2.07. The van der Waals surface area contributed by atoms with Crippen molar-refractivity contribution in [1.29, 1.82) is 0 Å². The monoisotopic (exact) mass is 457 g/mol. The fourth-order valence-corrected chi connectivity index (χ4v) is 5.21. The first-order chi connectivity index (χ1) is 14.2. The van der Waals surface area contributed by atoms with Crippen molar-refractivity contribution in [2.75, 3.05) is 39.8 Å². The predicted octanol–water partition coefficient (Wildman–Crippen LogP) is 2.58. The number of hydrogen-bond acceptors (Lipinski definition) is 4. The summed E-state index contributed by atoms with van der Waals surface area (Å²) in [7, 11) is -2.07. The van der Waals surface area contributed by atoms with Crippen molar-refractivity contribution < 1.29 is 22.0 Å². The Balaban J connectivity index is 1.55. The minimum atomic E-state index is -3.73. The number of halogens is 3. The van der Waals surface area contributed by atoms with Crippen LogP contribution in [0.5, 0.6) is 0 Å². The third-order valence-electron chi connectivity index (χ3n) is 4.91. The lowest BCUT2D eigenvalue weighted by Crippen LogP contribution is -2.52. The Kier molecular flexibility index (Phi) is 7.07. The molecule has 1 aliphatic heterocycles. The normalized spacial score (nSPS) is 15.6. The van der Waals surface area contributed by atoms with Gasteiger partial charge in [0.15, 0.2) is 0 Å². The van der Waals surface area contributed by atoms with Gasteiger partial charge in [-0.1, -0.05) is 29.8 Å². The average Bonchev–Trinajstić information content (AvgIpc) is 2.70. The summed E-state index contributed by atoms with van der Waals surface area (Å²) in [6.07, 6.45) is 0. The number of sulfonamides is 1. The Bertz CT molecular complexity index is 1030. The second-order valence-electron chi connectivity index (χ2n) is 7.12. The standard InChI is InChI=1S/C20H22ClF2N3O3S/c1-24(13-15-6-7-16(22)12-18(15)23)14-20(27)25-8-10-26(11-9-25)30(28,29)19-5-3-2-4-17(19)21/h2-7,12H,8-11,13-14H2,1H3. The van der Waals surface area contributed by atoms with Gasteiger partial charge in [0, 0.05) is 44.4 Å². The molecule has 10 heteroatoms. The van der Waals surface area contributed by atoms with Crippen LogP contribution in [0.25, 0.3) is 0 Å². The summed E-state index contributed by atoms with van der Waals surface area (Å²) in [6.45, 7) is 1.01. The molecule has 0 radical (unpaired) electrons. The molecule has 162 valence electrons. The molecule has 1 fully saturated rings. The first-order valence-corrected chi connectivity index (χ1v) is 11.1. The molecule has 2 aromatic rings. The van der Waals surface area contributed by atoms with E-state index in [2.05, 4.69) is 0 Å². The smallest absolute Gasteiger partial charge is 0.244 e. The molecule has 0 saturated carbocycles. The van der Waals surface area contributed by atoms with Crippen LogP contribution in [0.1, 0.15) is 5.56 Å². The van der Waals surface area contributed by atoms with Gasteiger partial charge in [0.1, 0.15) is 16.5 Å². The Labute approximate surface area is 179 Å². The van der Waals surface area contributed by atoms with E-state index in [9.17, 15) is 22.0 Å². The van der Waals surface area contributed by atoms with Crippen molar-refractivity contribution in [3.05, 3.63) is 64.7 Å². The predicted molar refractivity (Wildman–Crippen MR) is 109 cm³/mol. The highest BCUT2D eigenvalue weighted by molar-refractivity contribution is 7.89. The van der Waals surface area contributed by atoms with E-state index in [1.807, 2.05) is 0 Å². The molecule has 30 heavy (non-hydrogen) atoms. The molecule has 0 aromatic heterocycles. The summed E-state index contributed by atoms with van der Waals surface area (Å²) in [5.41, 5.74) is 0.294. The molecule has 1 aliphatic rings. The Morgan fingerprint density at radius 3 is 2.40 bits per heavy atom. The summed E-state index contributed by atoms with van der Waals surface area (Å²) in [6, 6.07) is 9.58. The lowest BCUT2D eigenvalue weighted by Gasteiger charge is -2.35. The number of carbonyl (C=O) groups excluding carboxylic acids is 1. The van der Waals surface area contributed by atoms with Crippen molar-refractivity contribution in [1.82, 2.24) is 14.1 Å². The molecule has 1 heterocycles. The molecule has 6 nitrogen and oxygen atoms in total. The van der Waals surface area contributed by atoms with Crippen molar-refractivity contribution in [3.8, 4) is 0 Å². The minimum Gasteiger partial charge on any atom is -0.339 e. The van der Waals surface area contributed by atoms with Gasteiger partial charge in [0.25, 0.3) is 0 Å². The van der Waals surface area contributed by atoms with Crippen LogP contribution in [0.3, 0.4) is 0 Å². The van der Waals surface area contributed by atoms with Crippen LogP contribution in [0, 0.1) is 11.6 Å². The fourth-order valence-electron chi connectivity index (χ4n) is 3.30. The SMILES string of the molecule is CN(CC(=O)N1CCN(S(=O)(=O)c2ccccc2Cl)CC1)Cc1ccc(F)cc1F. The summed E-state index contributed by atoms with van der Waals surface area (Å²) in [5.74, 6) is -1.50. The number of hydrogen-bond donors (Lipinski definition) is 0. The maximum atomic E-state index is 13.8. The van der Waals surface area contributed by atoms with E-state index in [-0.39, 0.29) is 55.1 Å². The quantitative estimate of drug-likeness (QED) is 0.669. The van der Waals surface area contributed by atoms with Crippen molar-refractivity contribution in [2.45, 2.75) is 11.4 Å². The largest absolute Gasteiger partial charge is 0.339 e. The molecule has 1 saturated heterocycles. The van der Waals surface area contributed by atoms with E-state index in [4.69, 9.17) is 11.6 Å². The van der Waals surface area contributed by atoms with Crippen LogP contribution in [0.15, 0.2) is 47.4 Å². The number of rotatable bonds is 6. The van der Waals surface area contributed by atoms with Gasteiger partial charge in [-0.25, -0.2) is 17.2 Å². The summed E-state index contributed by atoms with van der Waals surface area (Å²) in [5, 5.41) is 0.158. The third kappa shape index (κ3) is 5.15. The van der Waals surface area contributed by atoms with Crippen molar-refractivity contribution in [3.63, 3.8) is 0 Å². The molecule has 0 N–H and O–H groups in total. The first-order valence-electron chi connectivity index (χ1n) is 9.33. The van der Waals surface area contributed by atoms with Gasteiger partial charge in [-0.05, 0) is 25.2 Å². The number of benzene rings is 2. The molecule has 2 aromatic carbocycles. The van der Waals surface area contributed by atoms with Gasteiger partial charge in [-0.2, -0.15) is 4.31 Å². The first kappa shape index (κ1) is 22.6. The number of amides is 1. The summed E-state index contributed by atoms with van der Waals surface area (Å²) in [4.78, 5) is 15.8. The lowest BCUT2D eigenvalue weighted by molar-refractivity contribution is -0.133. The molecular formula is C20H22ClF2N3O3S. The van der Waals surface area contributed by atoms with Crippen molar-refractivity contribution >= 4 is 27.5 Å². The topological polar surface area (TPSA) is 60.9 Å². The number of carbonyl (C=O) groups is 1. The van der Waals surface area contributed by atoms with E-state index >= 15 is 0 Å². The van der Waals surface area contributed by atoms with E-state index in [0.717, 1.165) is 6.07 Å². The highest BCUT2D eigenvalue weighted by Crippen LogP contribution is 2.25. The number of piperazine rings is 1. The van der Waals surface area contributed by atoms with Crippen LogP contribution in [-0.2, 0) is 21.4 Å². The molecular weight excluding hydrogens is 436 g/mol. The zero-order valence-corrected chi connectivity index (χ0v) is 18.0. The molecule has 1 amide bonds. The maximum absolute atomic E-state index is 13.8. The van der Waals surface area contributed by atoms with Crippen LogP contribution in [0.4, 0.5) is 8.78 Å². The van der Waals surface area contributed by atoms with Gasteiger partial charge in [-0.15, -0.1) is 0 Å². The summed E-state index contributed by atoms with van der Waals surface area (Å²) < 4.78 is 53.7. The Morgan fingerprint density at radius 2 is 1.77 bits per heavy atom. The number of likely N-dealkylation sites (N-methyl/N-ethyl adjacent to an activating group) is 1. The van der Waals surface area contributed by atoms with Gasteiger partial charge >= 0.3 is 0 Å². The zero-order chi connectivity index (χ0) is 21.9. The van der Waals surface area contributed by atoms with E-state index in [0.29, 0.717) is 5.56 Å². The van der Waals surface area contributed by atoms with Gasteiger partial charge in [-0.3, -0.25) is 9.69 Å². The number of nitrogens with zero attached hydrogens (tertiary/aromatic N) is 3. The highest BCUT2D eigenvalue weighted by Gasteiger charge is 2.31. The zero-order valence-electron chi connectivity index (χ0n) is 16.4. The van der Waals surface area contributed by atoms with Gasteiger partial charge < -0.3 is 4.90 Å². The molecule has 0 spiro atoms. The maximum Gasteiger partial charge on any atom is 0.244 e. The third-order valence-corrected chi connectivity index (χ3v) is 7.30. The molecule has 0 bridgehead atoms. The van der Waals surface area contributed by atoms with E-state index in [1.165, 1.54) is 28.6 Å². The van der Waals surface area contributed by atoms with Gasteiger partial charge in [0.2, 0.25) is 15.9 Å². The average molecular weight is 458 g/mol. The second-order valence-corrected chi connectivity index (χ2v) is 9.44. The summed E-state index contributed by atoms with van der Waals surface area (Å²) >= 11 is 6.03. The van der Waals surface area contributed by atoms with Crippen molar-refractivity contribution in [2.24, 2.45) is 0 Å². The molecule has 0 aliphatic carbocycles. The molecule has 0 unspecified atom stereocenters. The van der Waals surface area contributed by atoms with Gasteiger partial charge in [0.05, 0.1) is 11.6 Å². The highest BCUT2D eigenvalue weighted by atomic mass is 35.5. The van der Waals surface area contributed by atoms with Crippen LogP contribution >= 0.6 is 11.6 Å². The molecule has 0 atom stereocenters. The fraction of sp³-hybridized carbons (Fsp3) is 0.350. The Morgan fingerprint density at radius 1 is 1.10 bits per heavy atom. The van der Waals surface area contributed by atoms with Crippen LogP contribution in [0.2, 0.25) is 5.02 Å². The van der Waals surface area contributed by atoms with Crippen LogP contribution < -0.4 is 0 Å².